The summed E-state index contributed by atoms with van der Waals surface area (Å²) in [7, 11) is 0. The van der Waals surface area contributed by atoms with Crippen LogP contribution in [0, 0.1) is 5.82 Å². The molecular weight excluding hydrogens is 541 g/mol. The molecule has 2 amide bonds. The first kappa shape index (κ1) is 25.8. The molecule has 0 heterocycles. The Labute approximate surface area is 221 Å². The van der Waals surface area contributed by atoms with Gasteiger partial charge in [0.25, 0.3) is 0 Å². The fraction of sp³-hybridized carbons (Fsp3) is 0.107. The number of nitrogens with one attached hydrogen (secondary N) is 2. The maximum Gasteiger partial charge on any atom is 0.329 e. The Balaban J connectivity index is 1.44. The number of halogens is 2. The molecule has 0 unspecified atom stereocenters. The highest BCUT2D eigenvalue weighted by Gasteiger charge is 2.16. The minimum atomic E-state index is -1.05. The van der Waals surface area contributed by atoms with E-state index in [4.69, 9.17) is 9.47 Å². The van der Waals surface area contributed by atoms with E-state index in [1.807, 2.05) is 31.2 Å². The fourth-order valence-corrected chi connectivity index (χ4v) is 4.17. The molecule has 0 bridgehead atoms. The molecule has 4 aromatic rings. The summed E-state index contributed by atoms with van der Waals surface area (Å²) in [5.74, 6) is -1.72. The monoisotopic (exact) mass is 563 g/mol. The Kier molecular flexibility index (Phi) is 8.48. The second-order valence-electron chi connectivity index (χ2n) is 7.82. The third-order valence-corrected chi connectivity index (χ3v) is 5.88. The number of nitrogens with zero attached hydrogens (tertiary/aromatic N) is 1. The van der Waals surface area contributed by atoms with Crippen LogP contribution in [0.15, 0.2) is 88.4 Å². The van der Waals surface area contributed by atoms with Crippen LogP contribution in [0.25, 0.3) is 10.8 Å². The zero-order valence-electron chi connectivity index (χ0n) is 19.8. The van der Waals surface area contributed by atoms with E-state index >= 15 is 0 Å². The van der Waals surface area contributed by atoms with Crippen molar-refractivity contribution in [1.29, 1.82) is 0 Å². The van der Waals surface area contributed by atoms with Gasteiger partial charge >= 0.3 is 11.8 Å². The molecule has 0 radical (unpaired) electrons. The lowest BCUT2D eigenvalue weighted by atomic mass is 10.1. The van der Waals surface area contributed by atoms with E-state index in [9.17, 15) is 14.0 Å². The number of hydrazone groups is 1. The van der Waals surface area contributed by atoms with Crippen LogP contribution in [0.1, 0.15) is 18.1 Å². The number of ether oxygens (including phenoxy) is 2. The SMILES string of the molecule is CCOc1cc(C=NNC(=O)C(=O)Nc2ccccc2F)cc(Br)c1OCc1cccc2ccccc12. The summed E-state index contributed by atoms with van der Waals surface area (Å²) in [6.07, 6.45) is 1.36. The summed E-state index contributed by atoms with van der Waals surface area (Å²) in [5.41, 5.74) is 3.65. The Morgan fingerprint density at radius 2 is 1.73 bits per heavy atom. The van der Waals surface area contributed by atoms with Gasteiger partial charge in [0, 0.05) is 0 Å². The summed E-state index contributed by atoms with van der Waals surface area (Å²) in [4.78, 5) is 24.0. The van der Waals surface area contributed by atoms with Gasteiger partial charge in [0.05, 0.1) is 23.0 Å². The number of fused-ring (bicyclic) bond motifs is 1. The van der Waals surface area contributed by atoms with Crippen molar-refractivity contribution in [3.8, 4) is 11.5 Å². The second-order valence-corrected chi connectivity index (χ2v) is 8.68. The van der Waals surface area contributed by atoms with Crippen LogP contribution in [0.3, 0.4) is 0 Å². The predicted molar refractivity (Wildman–Crippen MR) is 144 cm³/mol. The minimum Gasteiger partial charge on any atom is -0.490 e. The quantitative estimate of drug-likeness (QED) is 0.161. The molecule has 0 aliphatic rings. The van der Waals surface area contributed by atoms with Gasteiger partial charge in [-0.2, -0.15) is 5.10 Å². The number of anilines is 1. The molecule has 188 valence electrons. The normalized spacial score (nSPS) is 10.9. The minimum absolute atomic E-state index is 0.101. The zero-order chi connectivity index (χ0) is 26.2. The number of carbonyl (C=O) groups is 2. The van der Waals surface area contributed by atoms with Crippen molar-refractivity contribution in [3.05, 3.63) is 100 Å². The molecule has 0 fully saturated rings. The summed E-state index contributed by atoms with van der Waals surface area (Å²) in [6.45, 7) is 2.60. The van der Waals surface area contributed by atoms with E-state index in [0.29, 0.717) is 34.7 Å². The molecule has 7 nitrogen and oxygen atoms in total. The fourth-order valence-electron chi connectivity index (χ4n) is 3.59. The Morgan fingerprint density at radius 3 is 2.54 bits per heavy atom. The van der Waals surface area contributed by atoms with Crippen molar-refractivity contribution in [2.45, 2.75) is 13.5 Å². The predicted octanol–water partition coefficient (Wildman–Crippen LogP) is 5.81. The third-order valence-electron chi connectivity index (χ3n) is 5.29. The Hall–Kier alpha value is -4.24. The van der Waals surface area contributed by atoms with Crippen LogP contribution >= 0.6 is 15.9 Å². The highest BCUT2D eigenvalue weighted by Crippen LogP contribution is 2.37. The van der Waals surface area contributed by atoms with Gasteiger partial charge in [-0.1, -0.05) is 54.6 Å². The largest absolute Gasteiger partial charge is 0.490 e. The lowest BCUT2D eigenvalue weighted by Gasteiger charge is -2.15. The molecule has 2 N–H and O–H groups in total. The Bertz CT molecular complexity index is 1470. The highest BCUT2D eigenvalue weighted by molar-refractivity contribution is 9.10. The average molecular weight is 564 g/mol. The van der Waals surface area contributed by atoms with E-state index in [0.717, 1.165) is 16.3 Å². The first-order valence-electron chi connectivity index (χ1n) is 11.4. The number of hydrogen-bond acceptors (Lipinski definition) is 5. The van der Waals surface area contributed by atoms with Gasteiger partial charge in [-0.3, -0.25) is 9.59 Å². The van der Waals surface area contributed by atoms with Crippen LogP contribution in [-0.4, -0.2) is 24.6 Å². The standard InChI is InChI=1S/C28H23BrFN3O4/c1-2-36-25-15-18(16-31-33-28(35)27(34)32-24-13-6-5-12-23(24)30)14-22(29)26(25)37-17-20-10-7-9-19-8-3-4-11-21(19)20/h3-16H,2,17H2,1H3,(H,32,34)(H,33,35). The van der Waals surface area contributed by atoms with Crippen LogP contribution in [0.4, 0.5) is 10.1 Å². The molecule has 0 saturated heterocycles. The molecule has 0 atom stereocenters. The number of benzene rings is 4. The van der Waals surface area contributed by atoms with Crippen LogP contribution in [0.5, 0.6) is 11.5 Å². The molecule has 4 aromatic carbocycles. The van der Waals surface area contributed by atoms with Crippen LogP contribution < -0.4 is 20.2 Å². The van der Waals surface area contributed by atoms with E-state index in [2.05, 4.69) is 50.0 Å². The van der Waals surface area contributed by atoms with Crippen molar-refractivity contribution >= 4 is 50.4 Å². The first-order chi connectivity index (χ1) is 18.0. The lowest BCUT2D eigenvalue weighted by molar-refractivity contribution is -0.136. The number of para-hydroxylation sites is 1. The summed E-state index contributed by atoms with van der Waals surface area (Å²) in [5, 5.41) is 8.26. The van der Waals surface area contributed by atoms with Crippen LogP contribution in [0.2, 0.25) is 0 Å². The molecule has 0 aromatic heterocycles. The number of amides is 2. The summed E-state index contributed by atoms with van der Waals surface area (Å²) < 4.78 is 26.2. The van der Waals surface area contributed by atoms with Gasteiger partial charge in [-0.25, -0.2) is 9.82 Å². The van der Waals surface area contributed by atoms with Gasteiger partial charge in [0.15, 0.2) is 11.5 Å². The van der Waals surface area contributed by atoms with E-state index < -0.39 is 17.6 Å². The smallest absolute Gasteiger partial charge is 0.329 e. The molecular formula is C28H23BrFN3O4. The van der Waals surface area contributed by atoms with Crippen molar-refractivity contribution in [2.24, 2.45) is 5.10 Å². The lowest BCUT2D eigenvalue weighted by Crippen LogP contribution is -2.32. The van der Waals surface area contributed by atoms with Crippen molar-refractivity contribution in [3.63, 3.8) is 0 Å². The topological polar surface area (TPSA) is 89.0 Å². The van der Waals surface area contributed by atoms with E-state index in [1.165, 1.54) is 30.5 Å². The van der Waals surface area contributed by atoms with Gasteiger partial charge in [-0.05, 0) is 69.0 Å². The third kappa shape index (κ3) is 6.50. The zero-order valence-corrected chi connectivity index (χ0v) is 21.4. The first-order valence-corrected chi connectivity index (χ1v) is 12.2. The second kappa shape index (κ2) is 12.1. The summed E-state index contributed by atoms with van der Waals surface area (Å²) >= 11 is 3.53. The Morgan fingerprint density at radius 1 is 0.973 bits per heavy atom. The number of rotatable bonds is 8. The number of carbonyl (C=O) groups excluding carboxylic acids is 2. The van der Waals surface area contributed by atoms with Crippen molar-refractivity contribution in [1.82, 2.24) is 5.43 Å². The molecule has 37 heavy (non-hydrogen) atoms. The molecule has 4 rings (SSSR count). The van der Waals surface area contributed by atoms with Gasteiger partial charge in [0.2, 0.25) is 0 Å². The molecule has 9 heteroatoms. The highest BCUT2D eigenvalue weighted by atomic mass is 79.9. The van der Waals surface area contributed by atoms with E-state index in [-0.39, 0.29) is 5.69 Å². The number of hydrogen-bond donors (Lipinski definition) is 2. The molecule has 0 saturated carbocycles. The van der Waals surface area contributed by atoms with Crippen molar-refractivity contribution < 1.29 is 23.5 Å². The molecule has 0 aliphatic carbocycles. The maximum atomic E-state index is 13.7. The van der Waals surface area contributed by atoms with Gasteiger partial charge < -0.3 is 14.8 Å². The van der Waals surface area contributed by atoms with Crippen molar-refractivity contribution in [2.75, 3.05) is 11.9 Å². The van der Waals surface area contributed by atoms with Gasteiger partial charge in [-0.15, -0.1) is 0 Å². The van der Waals surface area contributed by atoms with Gasteiger partial charge in [0.1, 0.15) is 12.4 Å². The molecule has 0 spiro atoms. The van der Waals surface area contributed by atoms with Crippen LogP contribution in [-0.2, 0) is 16.2 Å². The summed E-state index contributed by atoms with van der Waals surface area (Å²) in [6, 6.07) is 23.1. The van der Waals surface area contributed by atoms with E-state index in [1.54, 1.807) is 12.1 Å². The maximum absolute atomic E-state index is 13.7. The molecule has 0 aliphatic heterocycles. The average Bonchev–Trinajstić information content (AvgIpc) is 2.89.